The van der Waals surface area contributed by atoms with E-state index in [9.17, 15) is 0 Å². The minimum Gasteiger partial charge on any atom is -0.473 e. The van der Waals surface area contributed by atoms with Crippen molar-refractivity contribution in [1.29, 1.82) is 0 Å². The van der Waals surface area contributed by atoms with Crippen molar-refractivity contribution in [2.24, 2.45) is 7.05 Å². The highest BCUT2D eigenvalue weighted by atomic mass is 127. The second-order valence-electron chi connectivity index (χ2n) is 19.5. The van der Waals surface area contributed by atoms with Crippen molar-refractivity contribution in [2.75, 3.05) is 19.8 Å². The molecule has 1 fully saturated rings. The van der Waals surface area contributed by atoms with E-state index >= 15 is 0 Å². The number of halogens is 1. The smallest absolute Gasteiger partial charge is 0.247 e. The fourth-order valence-corrected chi connectivity index (χ4v) is 15.7. The van der Waals surface area contributed by atoms with Gasteiger partial charge in [-0.3, -0.25) is 4.68 Å². The van der Waals surface area contributed by atoms with E-state index in [1.807, 2.05) is 31.8 Å². The molecule has 0 aliphatic carbocycles. The van der Waals surface area contributed by atoms with E-state index in [-0.39, 0.29) is 29.5 Å². The summed E-state index contributed by atoms with van der Waals surface area (Å²) >= 11 is 2.38. The number of ether oxygens (including phenoxy) is 3. The molecule has 4 heterocycles. The highest BCUT2D eigenvalue weighted by Crippen LogP contribution is 2.42. The molecule has 1 aromatic carbocycles. The lowest BCUT2D eigenvalue weighted by atomic mass is 10.1. The molecule has 1 N–H and O–H groups in total. The van der Waals surface area contributed by atoms with Gasteiger partial charge in [-0.1, -0.05) is 74.3 Å². The summed E-state index contributed by atoms with van der Waals surface area (Å²) in [4.78, 5) is 0. The van der Waals surface area contributed by atoms with Gasteiger partial charge in [0.15, 0.2) is 14.5 Å². The molecular weight excluding hydrogens is 898 g/mol. The van der Waals surface area contributed by atoms with Crippen molar-refractivity contribution in [3.63, 3.8) is 0 Å². The fraction of sp³-hybridized carbons (Fsp3) is 0.674. The van der Waals surface area contributed by atoms with Gasteiger partial charge in [-0.05, 0) is 122 Å². The van der Waals surface area contributed by atoms with Crippen LogP contribution in [0.3, 0.4) is 0 Å². The van der Waals surface area contributed by atoms with Gasteiger partial charge in [-0.2, -0.15) is 10.2 Å². The minimum absolute atomic E-state index is 0.0191. The molecule has 60 heavy (non-hydrogen) atoms. The van der Waals surface area contributed by atoms with Crippen LogP contribution in [-0.2, 0) is 22.8 Å². The summed E-state index contributed by atoms with van der Waals surface area (Å²) < 4.78 is 32.7. The number of benzene rings is 1. The predicted molar refractivity (Wildman–Crippen MR) is 259 cm³/mol. The molecular formula is C46H74IN7O4Si2. The molecule has 1 aliphatic rings. The first-order valence-corrected chi connectivity index (χ1v) is 28.5. The van der Waals surface area contributed by atoms with Crippen LogP contribution in [0.2, 0.25) is 34.8 Å². The summed E-state index contributed by atoms with van der Waals surface area (Å²) in [6, 6.07) is 6.52. The highest BCUT2D eigenvalue weighted by Gasteiger charge is 2.42. The maximum absolute atomic E-state index is 6.73. The average molecular weight is 972 g/mol. The molecule has 3 atom stereocenters. The van der Waals surface area contributed by atoms with Gasteiger partial charge in [-0.15, -0.1) is 10.6 Å². The van der Waals surface area contributed by atoms with Crippen molar-refractivity contribution in [3.8, 4) is 34.4 Å². The Labute approximate surface area is 376 Å². The largest absolute Gasteiger partial charge is 0.473 e. The van der Waals surface area contributed by atoms with Crippen LogP contribution in [0.15, 0.2) is 24.4 Å². The third-order valence-corrected chi connectivity index (χ3v) is 24.7. The van der Waals surface area contributed by atoms with Crippen molar-refractivity contribution in [3.05, 3.63) is 39.4 Å². The molecule has 5 rings (SSSR count). The normalized spacial score (nSPS) is 16.6. The SMILES string of the molecule is CC(C)Oc1nn(CCO[Si](C)(C)C(C)(C)C)c(C(C)NC[C@H](C)Oc2c(-c3ccc4c(c3)c(C#C[Si](C(C)C)(C(C)C)C(C)C)nn4C3CCCCO3)cnn2C)c1I. The second-order valence-corrected chi connectivity index (χ2v) is 31.0. The van der Waals surface area contributed by atoms with E-state index in [1.54, 1.807) is 0 Å². The van der Waals surface area contributed by atoms with E-state index in [0.29, 0.717) is 48.1 Å². The average Bonchev–Trinajstić information content (AvgIpc) is 3.81. The second kappa shape index (κ2) is 19.8. The quantitative estimate of drug-likeness (QED) is 0.0634. The standard InChI is InChI=1S/C46H74IN7O4Si2/c1-30(2)57-44-42(47)43(53(51-44)23-25-56-59(15,16)46(11,12)13)35(10)48-28-34(9)58-45-38(29-49-52(45)14)36-20-21-40-37(27-36)39(50-54(40)41-19-17-18-24-55-41)22-26-60(31(3)4,32(5)6)33(7)8/h20-21,27,29-35,41,48H,17-19,23-25,28H2,1-16H3/t34-,35?,41?/m0/s1. The number of aromatic nitrogens is 6. The number of hydrogen-bond donors (Lipinski definition) is 1. The Morgan fingerprint density at radius 1 is 0.967 bits per heavy atom. The summed E-state index contributed by atoms with van der Waals surface area (Å²) in [7, 11) is -1.96. The number of nitrogens with zero attached hydrogens (tertiary/aromatic N) is 6. The molecule has 2 unspecified atom stereocenters. The molecule has 1 aliphatic heterocycles. The third kappa shape index (κ3) is 10.6. The number of aryl methyl sites for hydroxylation is 1. The Morgan fingerprint density at radius 3 is 2.25 bits per heavy atom. The van der Waals surface area contributed by atoms with Gasteiger partial charge in [0, 0.05) is 31.6 Å². The Morgan fingerprint density at radius 2 is 1.65 bits per heavy atom. The minimum atomic E-state index is -2.00. The lowest BCUT2D eigenvalue weighted by molar-refractivity contribution is -0.0367. The van der Waals surface area contributed by atoms with Crippen LogP contribution < -0.4 is 14.8 Å². The van der Waals surface area contributed by atoms with Crippen LogP contribution in [-0.4, -0.2) is 77.7 Å². The predicted octanol–water partition coefficient (Wildman–Crippen LogP) is 11.4. The van der Waals surface area contributed by atoms with Crippen LogP contribution >= 0.6 is 22.6 Å². The highest BCUT2D eigenvalue weighted by molar-refractivity contribution is 14.1. The van der Waals surface area contributed by atoms with Gasteiger partial charge in [-0.25, -0.2) is 9.36 Å². The topological polar surface area (TPSA) is 102 Å². The van der Waals surface area contributed by atoms with Gasteiger partial charge in [0.1, 0.15) is 19.9 Å². The summed E-state index contributed by atoms with van der Waals surface area (Å²) in [6.07, 6.45) is 4.81. The summed E-state index contributed by atoms with van der Waals surface area (Å²) in [5.74, 6) is 5.07. The molecule has 4 aromatic rings. The van der Waals surface area contributed by atoms with Crippen LogP contribution in [0.4, 0.5) is 0 Å². The van der Waals surface area contributed by atoms with Gasteiger partial charge in [0.05, 0.1) is 45.8 Å². The monoisotopic (exact) mass is 971 g/mol. The van der Waals surface area contributed by atoms with Crippen molar-refractivity contribution in [1.82, 2.24) is 34.7 Å². The molecule has 0 spiro atoms. The summed E-state index contributed by atoms with van der Waals surface area (Å²) in [6.45, 7) is 36.5. The third-order valence-electron chi connectivity index (χ3n) is 12.8. The summed E-state index contributed by atoms with van der Waals surface area (Å²) in [5, 5.41) is 19.7. The first kappa shape index (κ1) is 48.3. The molecule has 332 valence electrons. The molecule has 0 saturated carbocycles. The number of rotatable bonds is 17. The fourth-order valence-electron chi connectivity index (χ4n) is 8.49. The van der Waals surface area contributed by atoms with E-state index < -0.39 is 16.4 Å². The first-order chi connectivity index (χ1) is 28.1. The van der Waals surface area contributed by atoms with Gasteiger partial charge in [0.2, 0.25) is 11.8 Å². The number of nitrogens with one attached hydrogen (secondary N) is 1. The van der Waals surface area contributed by atoms with E-state index in [2.05, 4.69) is 161 Å². The van der Waals surface area contributed by atoms with Crippen LogP contribution in [0, 0.1) is 15.0 Å². The van der Waals surface area contributed by atoms with Crippen LogP contribution in [0.25, 0.3) is 22.0 Å². The molecule has 3 aromatic heterocycles. The molecule has 1 saturated heterocycles. The molecule has 11 nitrogen and oxygen atoms in total. The zero-order chi connectivity index (χ0) is 44.3. The van der Waals surface area contributed by atoms with Gasteiger partial charge < -0.3 is 24.0 Å². The number of hydrogen-bond acceptors (Lipinski definition) is 8. The van der Waals surface area contributed by atoms with Crippen LogP contribution in [0.5, 0.6) is 11.8 Å². The maximum Gasteiger partial charge on any atom is 0.247 e. The number of fused-ring (bicyclic) bond motifs is 1. The lowest BCUT2D eigenvalue weighted by Crippen LogP contribution is -2.43. The first-order valence-electron chi connectivity index (χ1n) is 22.2. The van der Waals surface area contributed by atoms with Crippen molar-refractivity contribution >= 4 is 49.9 Å². The Hall–Kier alpha value is -2.69. The van der Waals surface area contributed by atoms with Gasteiger partial charge in [0.25, 0.3) is 0 Å². The zero-order valence-electron chi connectivity index (χ0n) is 39.5. The molecule has 0 amide bonds. The van der Waals surface area contributed by atoms with Crippen molar-refractivity contribution in [2.45, 2.75) is 175 Å². The Kier molecular flexibility index (Phi) is 15.9. The van der Waals surface area contributed by atoms with E-state index in [4.69, 9.17) is 28.8 Å². The van der Waals surface area contributed by atoms with E-state index in [1.165, 1.54) is 0 Å². The van der Waals surface area contributed by atoms with Crippen LogP contribution in [0.1, 0.15) is 133 Å². The maximum atomic E-state index is 6.73. The molecule has 0 bridgehead atoms. The zero-order valence-corrected chi connectivity index (χ0v) is 43.7. The summed E-state index contributed by atoms with van der Waals surface area (Å²) in [5.41, 5.74) is 10.4. The molecule has 0 radical (unpaired) electrons. The van der Waals surface area contributed by atoms with E-state index in [0.717, 1.165) is 62.9 Å². The van der Waals surface area contributed by atoms with Gasteiger partial charge >= 0.3 is 0 Å². The Balaban J connectivity index is 1.41. The Bertz CT molecular complexity index is 2090. The molecule has 14 heteroatoms. The van der Waals surface area contributed by atoms with Crippen molar-refractivity contribution < 1.29 is 18.6 Å². The lowest BCUT2D eigenvalue weighted by Gasteiger charge is -2.38.